The summed E-state index contributed by atoms with van der Waals surface area (Å²) >= 11 is 1.57. The van der Waals surface area contributed by atoms with Gasteiger partial charge in [0, 0.05) is 12.8 Å². The van der Waals surface area contributed by atoms with Gasteiger partial charge in [-0.1, -0.05) is 0 Å². The molecule has 90 valence electrons. The molecule has 1 aromatic heterocycles. The maximum atomic E-state index is 10.8. The number of thioether (sulfide) groups is 1. The third kappa shape index (κ3) is 3.24. The Kier molecular flexibility index (Phi) is 3.98. The molecule has 0 aliphatic heterocycles. The Hall–Kier alpha value is -1.01. The average molecular weight is 243 g/mol. The van der Waals surface area contributed by atoms with Crippen molar-refractivity contribution in [2.45, 2.75) is 30.8 Å². The Morgan fingerprint density at radius 1 is 1.75 bits per heavy atom. The molecule has 3 N–H and O–H groups in total. The van der Waals surface area contributed by atoms with Crippen LogP contribution in [0.15, 0.2) is 11.1 Å². The van der Waals surface area contributed by atoms with E-state index in [1.165, 1.54) is 6.92 Å². The molecule has 0 fully saturated rings. The minimum absolute atomic E-state index is 0.428. The van der Waals surface area contributed by atoms with Gasteiger partial charge in [-0.2, -0.15) is 5.10 Å². The van der Waals surface area contributed by atoms with Gasteiger partial charge in [0.25, 0.3) is 0 Å². The molecular weight excluding hydrogens is 226 g/mol. The van der Waals surface area contributed by atoms with Crippen LogP contribution >= 0.6 is 11.8 Å². The van der Waals surface area contributed by atoms with Gasteiger partial charge >= 0.3 is 5.97 Å². The quantitative estimate of drug-likeness (QED) is 0.754. The fraction of sp³-hybridized carbons (Fsp3) is 0.600. The summed E-state index contributed by atoms with van der Waals surface area (Å²) in [4.78, 5) is 10.8. The highest BCUT2D eigenvalue weighted by Gasteiger charge is 2.27. The predicted octanol–water partition coefficient (Wildman–Crippen LogP) is 1.01. The molecule has 5 nitrogen and oxygen atoms in total. The molecule has 0 amide bonds. The maximum Gasteiger partial charge on any atom is 0.323 e. The van der Waals surface area contributed by atoms with Crippen molar-refractivity contribution in [2.24, 2.45) is 12.8 Å². The van der Waals surface area contributed by atoms with E-state index in [1.54, 1.807) is 16.4 Å². The zero-order chi connectivity index (χ0) is 12.3. The van der Waals surface area contributed by atoms with Crippen molar-refractivity contribution in [3.05, 3.63) is 11.8 Å². The molecule has 1 heterocycles. The molecule has 6 heteroatoms. The number of aryl methyl sites for hydroxylation is 2. The van der Waals surface area contributed by atoms with Crippen molar-refractivity contribution in [2.75, 3.05) is 5.75 Å². The van der Waals surface area contributed by atoms with Gasteiger partial charge in [0.1, 0.15) is 5.54 Å². The standard InChI is InChI=1S/C10H17N3O2S/c1-7-6-8(13(3)12-7)16-5-4-10(2,11)9(14)15/h6H,4-5,11H2,1-3H3,(H,14,15). The van der Waals surface area contributed by atoms with Crippen molar-refractivity contribution in [3.63, 3.8) is 0 Å². The smallest absolute Gasteiger partial charge is 0.323 e. The van der Waals surface area contributed by atoms with Crippen molar-refractivity contribution in [1.29, 1.82) is 0 Å². The van der Waals surface area contributed by atoms with Crippen molar-refractivity contribution in [3.8, 4) is 0 Å². The third-order valence-corrected chi connectivity index (χ3v) is 3.41. The number of hydrogen-bond acceptors (Lipinski definition) is 4. The van der Waals surface area contributed by atoms with E-state index in [9.17, 15) is 4.79 Å². The fourth-order valence-electron chi connectivity index (χ4n) is 1.20. The average Bonchev–Trinajstić information content (AvgIpc) is 2.44. The summed E-state index contributed by atoms with van der Waals surface area (Å²) in [5, 5.41) is 14.1. The largest absolute Gasteiger partial charge is 0.480 e. The molecule has 0 saturated carbocycles. The Labute approximate surface area is 99.0 Å². The molecule has 0 spiro atoms. The normalized spacial score (nSPS) is 14.8. The van der Waals surface area contributed by atoms with E-state index in [-0.39, 0.29) is 0 Å². The molecule has 0 aliphatic rings. The van der Waals surface area contributed by atoms with Crippen LogP contribution in [0, 0.1) is 6.92 Å². The second kappa shape index (κ2) is 4.88. The van der Waals surface area contributed by atoms with Gasteiger partial charge in [-0.05, 0) is 26.3 Å². The zero-order valence-electron chi connectivity index (χ0n) is 9.73. The molecule has 1 rings (SSSR count). The molecule has 0 saturated heterocycles. The molecule has 1 atom stereocenters. The first kappa shape index (κ1) is 13.1. The zero-order valence-corrected chi connectivity index (χ0v) is 10.5. The summed E-state index contributed by atoms with van der Waals surface area (Å²) in [6.45, 7) is 3.46. The van der Waals surface area contributed by atoms with Crippen LogP contribution in [0.25, 0.3) is 0 Å². The van der Waals surface area contributed by atoms with Crippen LogP contribution in [-0.4, -0.2) is 32.1 Å². The first-order valence-corrected chi connectivity index (χ1v) is 5.97. The van der Waals surface area contributed by atoms with E-state index in [0.717, 1.165) is 10.7 Å². The van der Waals surface area contributed by atoms with Crippen LogP contribution in [0.3, 0.4) is 0 Å². The molecule has 1 aromatic rings. The number of nitrogens with zero attached hydrogens (tertiary/aromatic N) is 2. The number of aliphatic carboxylic acids is 1. The van der Waals surface area contributed by atoms with Gasteiger partial charge in [-0.25, -0.2) is 0 Å². The van der Waals surface area contributed by atoms with Crippen LogP contribution in [-0.2, 0) is 11.8 Å². The highest BCUT2D eigenvalue weighted by Crippen LogP contribution is 2.21. The highest BCUT2D eigenvalue weighted by atomic mass is 32.2. The van der Waals surface area contributed by atoms with E-state index >= 15 is 0 Å². The lowest BCUT2D eigenvalue weighted by Crippen LogP contribution is -2.45. The number of nitrogens with two attached hydrogens (primary N) is 1. The number of carboxylic acids is 1. The molecule has 0 aliphatic carbocycles. The SMILES string of the molecule is Cc1cc(SCCC(C)(N)C(=O)O)n(C)n1. The first-order chi connectivity index (χ1) is 7.33. The molecule has 0 aromatic carbocycles. The Morgan fingerprint density at radius 3 is 2.81 bits per heavy atom. The third-order valence-electron chi connectivity index (χ3n) is 2.32. The first-order valence-electron chi connectivity index (χ1n) is 4.98. The van der Waals surface area contributed by atoms with Gasteiger partial charge in [-0.3, -0.25) is 9.48 Å². The van der Waals surface area contributed by atoms with Gasteiger partial charge in [-0.15, -0.1) is 11.8 Å². The van der Waals surface area contributed by atoms with Gasteiger partial charge in [0.05, 0.1) is 10.7 Å². The van der Waals surface area contributed by atoms with E-state index in [4.69, 9.17) is 10.8 Å². The predicted molar refractivity (Wildman–Crippen MR) is 63.5 cm³/mol. The highest BCUT2D eigenvalue weighted by molar-refractivity contribution is 7.99. The van der Waals surface area contributed by atoms with Crippen molar-refractivity contribution in [1.82, 2.24) is 9.78 Å². The monoisotopic (exact) mass is 243 g/mol. The summed E-state index contributed by atoms with van der Waals surface area (Å²) in [7, 11) is 1.87. The van der Waals surface area contributed by atoms with Crippen molar-refractivity contribution < 1.29 is 9.90 Å². The molecule has 1 unspecified atom stereocenters. The minimum atomic E-state index is -1.15. The lowest BCUT2D eigenvalue weighted by Gasteiger charge is -2.18. The van der Waals surface area contributed by atoms with Crippen LogP contribution in [0.2, 0.25) is 0 Å². The van der Waals surface area contributed by atoms with Crippen LogP contribution < -0.4 is 5.73 Å². The number of carbonyl (C=O) groups is 1. The van der Waals surface area contributed by atoms with Crippen molar-refractivity contribution >= 4 is 17.7 Å². The van der Waals surface area contributed by atoms with E-state index in [0.29, 0.717) is 12.2 Å². The summed E-state index contributed by atoms with van der Waals surface area (Å²) in [6.07, 6.45) is 0.428. The van der Waals surface area contributed by atoms with Crippen LogP contribution in [0.5, 0.6) is 0 Å². The van der Waals surface area contributed by atoms with Crippen LogP contribution in [0.4, 0.5) is 0 Å². The Morgan fingerprint density at radius 2 is 2.38 bits per heavy atom. The summed E-state index contributed by atoms with van der Waals surface area (Å²) in [5.41, 5.74) is 5.44. The Bertz CT molecular complexity index is 387. The number of hydrogen-bond donors (Lipinski definition) is 2. The fourth-order valence-corrected chi connectivity index (χ4v) is 2.41. The van der Waals surface area contributed by atoms with E-state index in [2.05, 4.69) is 5.10 Å². The Balaban J connectivity index is 2.48. The molecular formula is C10H17N3O2S. The summed E-state index contributed by atoms with van der Waals surface area (Å²) in [5.74, 6) is -0.299. The maximum absolute atomic E-state index is 10.8. The topological polar surface area (TPSA) is 81.1 Å². The molecule has 0 bridgehead atoms. The van der Waals surface area contributed by atoms with Gasteiger partial charge in [0.15, 0.2) is 0 Å². The van der Waals surface area contributed by atoms with Gasteiger partial charge < -0.3 is 10.8 Å². The second-order valence-electron chi connectivity index (χ2n) is 4.07. The van der Waals surface area contributed by atoms with E-state index in [1.807, 2.05) is 20.0 Å². The molecule has 16 heavy (non-hydrogen) atoms. The lowest BCUT2D eigenvalue weighted by molar-refractivity contribution is -0.142. The molecule has 0 radical (unpaired) electrons. The summed E-state index contributed by atoms with van der Waals surface area (Å²) < 4.78 is 1.79. The number of carboxylic acid groups (broad SMARTS) is 1. The number of rotatable bonds is 5. The number of aromatic nitrogens is 2. The lowest BCUT2D eigenvalue weighted by atomic mass is 10.0. The van der Waals surface area contributed by atoms with E-state index < -0.39 is 11.5 Å². The second-order valence-corrected chi connectivity index (χ2v) is 5.18. The van der Waals surface area contributed by atoms with Gasteiger partial charge in [0.2, 0.25) is 0 Å². The minimum Gasteiger partial charge on any atom is -0.480 e. The van der Waals surface area contributed by atoms with Crippen LogP contribution in [0.1, 0.15) is 19.0 Å². The summed E-state index contributed by atoms with van der Waals surface area (Å²) in [6, 6.07) is 1.97.